The van der Waals surface area contributed by atoms with Gasteiger partial charge in [0.15, 0.2) is 0 Å². The molecule has 0 unspecified atom stereocenters. The summed E-state index contributed by atoms with van der Waals surface area (Å²) in [5.41, 5.74) is 4.87. The normalized spacial score (nSPS) is 17.4. The van der Waals surface area contributed by atoms with E-state index in [1.54, 1.807) is 7.11 Å². The maximum atomic E-state index is 13.0. The van der Waals surface area contributed by atoms with E-state index in [1.807, 2.05) is 18.2 Å². The minimum Gasteiger partial charge on any atom is -0.497 e. The Kier molecular flexibility index (Phi) is 8.66. The Morgan fingerprint density at radius 1 is 1.00 bits per heavy atom. The summed E-state index contributed by atoms with van der Waals surface area (Å²) in [7, 11) is 1.72. The summed E-state index contributed by atoms with van der Waals surface area (Å²) >= 11 is 0. The molecule has 0 aromatic heterocycles. The highest BCUT2D eigenvalue weighted by atomic mass is 19.4. The Morgan fingerprint density at radius 3 is 2.22 bits per heavy atom. The maximum Gasteiger partial charge on any atom is 0.490 e. The molecule has 0 atom stereocenters. The van der Waals surface area contributed by atoms with Gasteiger partial charge in [-0.3, -0.25) is 9.69 Å². The van der Waals surface area contributed by atoms with Crippen molar-refractivity contribution in [1.82, 2.24) is 9.80 Å². The Labute approximate surface area is 209 Å². The number of aliphatic carboxylic acids is 1. The van der Waals surface area contributed by atoms with Crippen LogP contribution in [0.4, 0.5) is 13.2 Å². The third kappa shape index (κ3) is 7.00. The van der Waals surface area contributed by atoms with Crippen LogP contribution in [0, 0.1) is 19.3 Å². The van der Waals surface area contributed by atoms with Gasteiger partial charge in [-0.1, -0.05) is 18.2 Å². The summed E-state index contributed by atoms with van der Waals surface area (Å²) in [6.45, 7) is 9.14. The predicted molar refractivity (Wildman–Crippen MR) is 130 cm³/mol. The topological polar surface area (TPSA) is 70.1 Å². The number of aryl methyl sites for hydroxylation is 2. The predicted octanol–water partition coefficient (Wildman–Crippen LogP) is 5.07. The number of likely N-dealkylation sites (tertiary alicyclic amines) is 2. The number of hydrogen-bond donors (Lipinski definition) is 1. The Bertz CT molecular complexity index is 1080. The van der Waals surface area contributed by atoms with Crippen LogP contribution in [0.15, 0.2) is 42.5 Å². The highest BCUT2D eigenvalue weighted by molar-refractivity contribution is 5.94. The van der Waals surface area contributed by atoms with E-state index in [1.165, 1.54) is 29.5 Å². The molecular weight excluding hydrogens is 473 g/mol. The highest BCUT2D eigenvalue weighted by Gasteiger charge is 2.42. The van der Waals surface area contributed by atoms with Gasteiger partial charge in [-0.2, -0.15) is 13.2 Å². The quantitative estimate of drug-likeness (QED) is 0.627. The average molecular weight is 507 g/mol. The van der Waals surface area contributed by atoms with Crippen molar-refractivity contribution in [3.8, 4) is 5.75 Å². The van der Waals surface area contributed by atoms with E-state index in [2.05, 4.69) is 47.9 Å². The molecule has 2 aromatic carbocycles. The third-order valence-electron chi connectivity index (χ3n) is 7.18. The second-order valence-electron chi connectivity index (χ2n) is 9.71. The molecule has 36 heavy (non-hydrogen) atoms. The van der Waals surface area contributed by atoms with Crippen molar-refractivity contribution >= 4 is 11.9 Å². The van der Waals surface area contributed by atoms with Crippen molar-refractivity contribution < 1.29 is 32.6 Å². The van der Waals surface area contributed by atoms with Crippen LogP contribution in [0.5, 0.6) is 5.75 Å². The fourth-order valence-electron chi connectivity index (χ4n) is 4.79. The van der Waals surface area contributed by atoms with Crippen LogP contribution in [-0.2, 0) is 11.3 Å². The van der Waals surface area contributed by atoms with Gasteiger partial charge >= 0.3 is 12.1 Å². The van der Waals surface area contributed by atoms with Gasteiger partial charge in [0.25, 0.3) is 5.91 Å². The van der Waals surface area contributed by atoms with E-state index in [4.69, 9.17) is 14.6 Å². The first kappa shape index (κ1) is 27.5. The Morgan fingerprint density at radius 2 is 1.64 bits per heavy atom. The molecule has 2 aromatic rings. The molecule has 2 fully saturated rings. The smallest absolute Gasteiger partial charge is 0.490 e. The second-order valence-corrected chi connectivity index (χ2v) is 9.71. The zero-order valence-electron chi connectivity index (χ0n) is 20.9. The monoisotopic (exact) mass is 506 g/mol. The number of rotatable bonds is 4. The van der Waals surface area contributed by atoms with E-state index in [0.29, 0.717) is 5.41 Å². The number of piperidine rings is 1. The van der Waals surface area contributed by atoms with E-state index in [-0.39, 0.29) is 5.91 Å². The molecule has 2 aliphatic heterocycles. The number of alkyl halides is 3. The van der Waals surface area contributed by atoms with Gasteiger partial charge in [-0.25, -0.2) is 4.79 Å². The van der Waals surface area contributed by atoms with Crippen molar-refractivity contribution in [2.45, 2.75) is 45.8 Å². The molecule has 0 saturated carbocycles. The van der Waals surface area contributed by atoms with E-state index >= 15 is 0 Å². The van der Waals surface area contributed by atoms with Crippen LogP contribution in [0.3, 0.4) is 0 Å². The fraction of sp³-hybridized carbons (Fsp3) is 0.481. The summed E-state index contributed by atoms with van der Waals surface area (Å²) in [6, 6.07) is 14.4. The van der Waals surface area contributed by atoms with Crippen molar-refractivity contribution in [2.24, 2.45) is 5.41 Å². The van der Waals surface area contributed by atoms with Gasteiger partial charge in [-0.15, -0.1) is 0 Å². The number of carbonyl (C=O) groups excluding carboxylic acids is 1. The van der Waals surface area contributed by atoms with Crippen LogP contribution < -0.4 is 4.74 Å². The summed E-state index contributed by atoms with van der Waals surface area (Å²) in [5, 5.41) is 7.12. The van der Waals surface area contributed by atoms with Crippen molar-refractivity contribution in [1.29, 1.82) is 0 Å². The molecule has 9 heteroatoms. The van der Waals surface area contributed by atoms with Crippen LogP contribution in [0.1, 0.15) is 46.3 Å². The Hall–Kier alpha value is -3.07. The fourth-order valence-corrected chi connectivity index (χ4v) is 4.79. The standard InChI is InChI=1S/C25H32N2O2.C2HF3O2/c1-19-7-8-22(15-20(19)2)24(28)27-14-11-25(18-27)9-12-26(13-10-25)17-21-5-4-6-23(16-21)29-3;3-2(4,5)1(6)7/h4-8,15-16H,9-14,17-18H2,1-3H3;(H,6,7). The molecule has 6 nitrogen and oxygen atoms in total. The molecule has 4 rings (SSSR count). The van der Waals surface area contributed by atoms with Crippen LogP contribution in [-0.4, -0.2) is 66.2 Å². The zero-order valence-corrected chi connectivity index (χ0v) is 20.9. The summed E-state index contributed by atoms with van der Waals surface area (Å²) in [4.78, 5) is 26.5. The molecule has 1 spiro atoms. The maximum absolute atomic E-state index is 13.0. The van der Waals surface area contributed by atoms with Gasteiger partial charge in [-0.05, 0) is 92.6 Å². The molecule has 196 valence electrons. The zero-order chi connectivity index (χ0) is 26.5. The number of ether oxygens (including phenoxy) is 1. The van der Waals surface area contributed by atoms with E-state index in [9.17, 15) is 18.0 Å². The lowest BCUT2D eigenvalue weighted by Gasteiger charge is -2.39. The first-order valence-corrected chi connectivity index (χ1v) is 11.9. The van der Waals surface area contributed by atoms with E-state index in [0.717, 1.165) is 50.5 Å². The molecule has 2 aliphatic rings. The number of amides is 1. The largest absolute Gasteiger partial charge is 0.497 e. The lowest BCUT2D eigenvalue weighted by atomic mass is 9.77. The summed E-state index contributed by atoms with van der Waals surface area (Å²) < 4.78 is 37.1. The van der Waals surface area contributed by atoms with Gasteiger partial charge in [0.05, 0.1) is 7.11 Å². The highest BCUT2D eigenvalue weighted by Crippen LogP contribution is 2.41. The number of carboxylic acid groups (broad SMARTS) is 1. The van der Waals surface area contributed by atoms with Crippen LogP contribution in [0.25, 0.3) is 0 Å². The van der Waals surface area contributed by atoms with Gasteiger partial charge in [0, 0.05) is 25.2 Å². The number of hydrogen-bond acceptors (Lipinski definition) is 4. The molecule has 2 heterocycles. The number of carboxylic acids is 1. The molecule has 1 amide bonds. The van der Waals surface area contributed by atoms with Crippen LogP contribution in [0.2, 0.25) is 0 Å². The van der Waals surface area contributed by atoms with Crippen molar-refractivity contribution in [3.63, 3.8) is 0 Å². The summed E-state index contributed by atoms with van der Waals surface area (Å²) in [5.74, 6) is -1.64. The average Bonchev–Trinajstić information content (AvgIpc) is 3.25. The number of benzene rings is 2. The Balaban J connectivity index is 0.000000454. The van der Waals surface area contributed by atoms with E-state index < -0.39 is 12.1 Å². The molecule has 2 saturated heterocycles. The second kappa shape index (κ2) is 11.3. The van der Waals surface area contributed by atoms with Crippen molar-refractivity contribution in [3.05, 3.63) is 64.7 Å². The molecule has 0 aliphatic carbocycles. The first-order valence-electron chi connectivity index (χ1n) is 11.9. The first-order chi connectivity index (χ1) is 16.9. The molecule has 0 radical (unpaired) electrons. The SMILES string of the molecule is COc1cccc(CN2CCC3(CC2)CCN(C(=O)c2ccc(C)c(C)c2)C3)c1.O=C(O)C(F)(F)F. The molecule has 1 N–H and O–H groups in total. The third-order valence-corrected chi connectivity index (χ3v) is 7.18. The molecule has 0 bridgehead atoms. The molecular formula is C27H33F3N2O4. The number of halogens is 3. The van der Waals surface area contributed by atoms with Gasteiger partial charge < -0.3 is 14.7 Å². The van der Waals surface area contributed by atoms with Crippen LogP contribution >= 0.6 is 0 Å². The lowest BCUT2D eigenvalue weighted by Crippen LogP contribution is -2.42. The minimum atomic E-state index is -5.08. The minimum absolute atomic E-state index is 0.198. The number of methoxy groups -OCH3 is 1. The van der Waals surface area contributed by atoms with Gasteiger partial charge in [0.2, 0.25) is 0 Å². The summed E-state index contributed by atoms with van der Waals surface area (Å²) in [6.07, 6.45) is -1.60. The lowest BCUT2D eigenvalue weighted by molar-refractivity contribution is -0.192. The van der Waals surface area contributed by atoms with Gasteiger partial charge in [0.1, 0.15) is 5.75 Å². The number of nitrogens with zero attached hydrogens (tertiary/aromatic N) is 2. The van der Waals surface area contributed by atoms with Crippen molar-refractivity contribution in [2.75, 3.05) is 33.3 Å². The number of carbonyl (C=O) groups is 2.